The molecule has 0 aliphatic carbocycles. The van der Waals surface area contributed by atoms with E-state index in [9.17, 15) is 39.0 Å². The zero-order chi connectivity index (χ0) is 55.7. The van der Waals surface area contributed by atoms with E-state index in [1.54, 1.807) is 101 Å². The Bertz CT molecular complexity index is 4060. The van der Waals surface area contributed by atoms with Gasteiger partial charge in [0.25, 0.3) is 16.7 Å². The number of carboxylic acid groups (broad SMARTS) is 1. The van der Waals surface area contributed by atoms with E-state index in [0.29, 0.717) is 68.5 Å². The van der Waals surface area contributed by atoms with Gasteiger partial charge in [-0.05, 0) is 91.3 Å². The minimum Gasteiger partial charge on any atom is -0.508 e. The molecule has 0 bridgehead atoms. The molecule has 0 saturated carbocycles. The molecule has 0 spiro atoms. The van der Waals surface area contributed by atoms with E-state index in [4.69, 9.17) is 41.4 Å². The first-order chi connectivity index (χ1) is 38.2. The lowest BCUT2D eigenvalue weighted by atomic mass is 10.0. The number of phenols is 1. The van der Waals surface area contributed by atoms with E-state index in [-0.39, 0.29) is 48.9 Å². The summed E-state index contributed by atoms with van der Waals surface area (Å²) in [5, 5.41) is 36.6. The third-order valence-electron chi connectivity index (χ3n) is 13.9. The van der Waals surface area contributed by atoms with Gasteiger partial charge in [0.05, 0.1) is 16.6 Å². The summed E-state index contributed by atoms with van der Waals surface area (Å²) >= 11 is 16.5. The van der Waals surface area contributed by atoms with Crippen LogP contribution >= 0.6 is 36.7 Å². The number of aromatic hydroxyl groups is 1. The largest absolute Gasteiger partial charge is 0.508 e. The number of ether oxygens (including phenoxy) is 1. The van der Waals surface area contributed by atoms with Gasteiger partial charge in [-0.2, -0.15) is 0 Å². The number of hydrogen-bond donors (Lipinski definition) is 8. The molecule has 8 N–H and O–H groups in total. The van der Waals surface area contributed by atoms with E-state index < -0.39 is 24.1 Å². The molecule has 2 aliphatic rings. The van der Waals surface area contributed by atoms with Gasteiger partial charge in [0.2, 0.25) is 11.8 Å². The lowest BCUT2D eigenvalue weighted by Gasteiger charge is -2.31. The molecule has 23 heteroatoms. The number of likely N-dealkylation sites (tertiary alicyclic amines) is 2. The minimum atomic E-state index is -1.09. The first-order valence-corrected chi connectivity index (χ1v) is 26.9. The Hall–Kier alpha value is -8.67. The normalized spacial score (nSPS) is 14.7. The van der Waals surface area contributed by atoms with Crippen molar-refractivity contribution in [2.24, 2.45) is 0 Å². The Kier molecular flexibility index (Phi) is 17.3. The summed E-state index contributed by atoms with van der Waals surface area (Å²) < 4.78 is 11.0. The van der Waals surface area contributed by atoms with Crippen molar-refractivity contribution in [3.63, 3.8) is 0 Å². The highest BCUT2D eigenvalue weighted by Gasteiger charge is 2.31. The number of carbonyl (C=O) groups is 3. The molecule has 20 nitrogen and oxygen atoms in total. The second-order valence-electron chi connectivity index (χ2n) is 19.0. The molecule has 8 heterocycles. The summed E-state index contributed by atoms with van der Waals surface area (Å²) in [6.45, 7) is 6.83. The molecule has 9 aromatic rings. The van der Waals surface area contributed by atoms with E-state index in [2.05, 4.69) is 37.2 Å². The Balaban J connectivity index is 0.000000144. The number of aromatic amines is 6. The maximum absolute atomic E-state index is 13.6. The number of piperidine rings is 1. The first-order valence-electron chi connectivity index (χ1n) is 25.7. The van der Waals surface area contributed by atoms with E-state index >= 15 is 0 Å². The van der Waals surface area contributed by atoms with Crippen LogP contribution < -0.4 is 21.4 Å². The van der Waals surface area contributed by atoms with Crippen molar-refractivity contribution in [1.82, 2.24) is 54.1 Å². The molecular weight excluding hydrogens is 1070 g/mol. The van der Waals surface area contributed by atoms with Crippen LogP contribution in [0.1, 0.15) is 79.8 Å². The Morgan fingerprint density at radius 1 is 0.532 bits per heavy atom. The summed E-state index contributed by atoms with van der Waals surface area (Å²) in [7, 11) is 0. The molecule has 6 aromatic heterocycles. The molecule has 2 fully saturated rings. The number of amides is 2. The lowest BCUT2D eigenvalue weighted by molar-refractivity contribution is -0.139. The van der Waals surface area contributed by atoms with Crippen molar-refractivity contribution < 1.29 is 29.3 Å². The van der Waals surface area contributed by atoms with Crippen molar-refractivity contribution in [2.75, 3.05) is 32.8 Å². The highest BCUT2D eigenvalue weighted by Crippen LogP contribution is 2.30. The van der Waals surface area contributed by atoms with Crippen LogP contribution in [0.15, 0.2) is 143 Å². The second-order valence-corrected chi connectivity index (χ2v) is 20.2. The van der Waals surface area contributed by atoms with Crippen molar-refractivity contribution in [3.05, 3.63) is 190 Å². The van der Waals surface area contributed by atoms with Crippen LogP contribution in [0.4, 0.5) is 0 Å². The molecular formula is C56H57N11O9S3. The van der Waals surface area contributed by atoms with Crippen molar-refractivity contribution >= 4 is 87.1 Å². The predicted molar refractivity (Wildman–Crippen MR) is 307 cm³/mol. The fourth-order valence-corrected chi connectivity index (χ4v) is 11.2. The summed E-state index contributed by atoms with van der Waals surface area (Å²) in [6.07, 6.45) is 14.0. The topological polar surface area (TPSA) is 268 Å². The summed E-state index contributed by atoms with van der Waals surface area (Å²) in [5.41, 5.74) is 2.79. The number of H-pyrrole nitrogens is 6. The highest BCUT2D eigenvalue weighted by molar-refractivity contribution is 7.72. The molecule has 408 valence electrons. The van der Waals surface area contributed by atoms with Crippen LogP contribution in [0, 0.1) is 13.9 Å². The van der Waals surface area contributed by atoms with E-state index in [1.807, 2.05) is 40.1 Å². The van der Waals surface area contributed by atoms with Gasteiger partial charge in [0, 0.05) is 44.8 Å². The van der Waals surface area contributed by atoms with Gasteiger partial charge in [-0.1, -0.05) is 117 Å². The average Bonchev–Trinajstić information content (AvgIpc) is 4.10. The molecule has 3 aromatic carbocycles. The maximum Gasteiger partial charge on any atom is 0.331 e. The zero-order valence-corrected chi connectivity index (χ0v) is 45.1. The van der Waals surface area contributed by atoms with Crippen LogP contribution in [0.25, 0.3) is 32.7 Å². The molecule has 3 atom stereocenters. The van der Waals surface area contributed by atoms with E-state index in [0.717, 1.165) is 63.6 Å². The predicted octanol–water partition coefficient (Wildman–Crippen LogP) is 8.70. The van der Waals surface area contributed by atoms with Crippen LogP contribution in [-0.4, -0.2) is 115 Å². The summed E-state index contributed by atoms with van der Waals surface area (Å²) in [6, 6.07) is 25.7. The SMILES string of the molecule is C=CCOc1cccc(C(C(=O)O)n2ccc3[nH][nH]c(=O)c3c2=S)c1.O=C(C(c1cccc(O)c1)n1ccc2[nH][nH]c(=O)c2c1=S)N1CCCCCC1.O=C(C(c1ccccc1)n1ccc2[nH][nH]c(=O)c2c1=S)N1CCCCC1. The maximum atomic E-state index is 13.6. The summed E-state index contributed by atoms with van der Waals surface area (Å²) in [4.78, 5) is 78.8. The fourth-order valence-electron chi connectivity index (χ4n) is 10.1. The number of phenolic OH excluding ortho intramolecular Hbond substituents is 1. The third kappa shape index (κ3) is 11.9. The number of benzene rings is 3. The van der Waals surface area contributed by atoms with Crippen molar-refractivity contribution in [3.8, 4) is 11.5 Å². The zero-order valence-electron chi connectivity index (χ0n) is 42.7. The minimum absolute atomic E-state index is 0.0262. The number of rotatable bonds is 12. The van der Waals surface area contributed by atoms with Gasteiger partial charge < -0.3 is 38.5 Å². The van der Waals surface area contributed by atoms with E-state index in [1.165, 1.54) is 4.57 Å². The lowest BCUT2D eigenvalue weighted by Crippen LogP contribution is -2.41. The number of nitrogens with one attached hydrogen (secondary N) is 6. The fraction of sp³-hybridized carbons (Fsp3) is 0.268. The van der Waals surface area contributed by atoms with Crippen molar-refractivity contribution in [1.29, 1.82) is 0 Å². The average molecular weight is 1120 g/mol. The monoisotopic (exact) mass is 1120 g/mol. The number of hydrogen-bond acceptors (Lipinski definition) is 11. The first kappa shape index (κ1) is 55.1. The Labute approximate surface area is 465 Å². The van der Waals surface area contributed by atoms with Gasteiger partial charge in [0.15, 0.2) is 6.04 Å². The number of carboxylic acids is 1. The highest BCUT2D eigenvalue weighted by atomic mass is 32.1. The molecule has 79 heavy (non-hydrogen) atoms. The van der Waals surface area contributed by atoms with Crippen molar-refractivity contribution in [2.45, 2.75) is 63.1 Å². The van der Waals surface area contributed by atoms with Gasteiger partial charge >= 0.3 is 5.97 Å². The molecule has 11 rings (SSSR count). The Morgan fingerprint density at radius 2 is 0.937 bits per heavy atom. The number of nitrogens with zero attached hydrogens (tertiary/aromatic N) is 5. The second kappa shape index (κ2) is 24.8. The summed E-state index contributed by atoms with van der Waals surface area (Å²) in [5.74, 6) is -0.537. The number of fused-ring (bicyclic) bond motifs is 3. The van der Waals surface area contributed by atoms with Gasteiger partial charge in [0.1, 0.15) is 60.3 Å². The standard InChI is InChI=1S/C20H22N4O3S.C19H20N4O2S.C17H15N3O4S/c25-14-7-5-6-13(12-14)17(19(27)23-9-3-1-2-4-10-23)24-11-8-15-16(20(24)28)18(26)22-21-15;24-17-15-14(20-21-17)9-12-23(19(15)26)16(13-7-3-1-4-8-13)18(25)22-10-5-2-6-11-22;1-2-8-24-11-5-3-4-10(9-11)14(17(22)23)20-7-6-12-13(16(20)25)15(21)19-18-12/h5-8,11-12,17,25H,1-4,9-10H2,(H2,21,22,26);1,3-4,7-9,12,16H,2,5-6,10-11H2,(H2,20,21,24);2-7,9,14H,1,8H2,(H,22,23)(H2,18,19,21). The van der Waals surface area contributed by atoms with Crippen LogP contribution in [0.2, 0.25) is 0 Å². The smallest absolute Gasteiger partial charge is 0.331 e. The van der Waals surface area contributed by atoms with Crippen LogP contribution in [0.3, 0.4) is 0 Å². The molecule has 0 radical (unpaired) electrons. The number of pyridine rings is 3. The molecule has 2 aliphatic heterocycles. The van der Waals surface area contributed by atoms with Gasteiger partial charge in [-0.25, -0.2) is 4.79 Å². The van der Waals surface area contributed by atoms with Gasteiger partial charge in [-0.15, -0.1) is 0 Å². The number of aliphatic carboxylic acids is 1. The van der Waals surface area contributed by atoms with Gasteiger partial charge in [-0.3, -0.25) is 54.6 Å². The number of aromatic nitrogens is 9. The quantitative estimate of drug-likeness (QED) is 0.0422. The molecule has 3 unspecified atom stereocenters. The van der Waals surface area contributed by atoms with Crippen LogP contribution in [0.5, 0.6) is 11.5 Å². The van der Waals surface area contributed by atoms with Crippen LogP contribution in [-0.2, 0) is 14.4 Å². The third-order valence-corrected chi connectivity index (χ3v) is 15.2. The molecule has 2 amide bonds. The number of carbonyl (C=O) groups excluding carboxylic acids is 2. The Morgan fingerprint density at radius 3 is 1.38 bits per heavy atom. The molecule has 2 saturated heterocycles.